The van der Waals surface area contributed by atoms with Gasteiger partial charge in [0.25, 0.3) is 0 Å². The minimum absolute atomic E-state index is 0.230. The minimum Gasteiger partial charge on any atom is -0.480 e. The van der Waals surface area contributed by atoms with E-state index in [0.29, 0.717) is 6.42 Å². The van der Waals surface area contributed by atoms with Gasteiger partial charge < -0.3 is 10.4 Å². The first kappa shape index (κ1) is 14.3. The van der Waals surface area contributed by atoms with Crippen molar-refractivity contribution in [1.82, 2.24) is 5.32 Å². The van der Waals surface area contributed by atoms with Crippen LogP contribution in [0.4, 0.5) is 0 Å². The lowest BCUT2D eigenvalue weighted by atomic mass is 10.0. The lowest BCUT2D eigenvalue weighted by Gasteiger charge is -2.26. The summed E-state index contributed by atoms with van der Waals surface area (Å²) in [4.78, 5) is 22.2. The number of unbranched alkanes of at least 4 members (excludes halogenated alkanes) is 1. The molecule has 0 aromatic carbocycles. The van der Waals surface area contributed by atoms with Gasteiger partial charge in [0.05, 0.1) is 0 Å². The van der Waals surface area contributed by atoms with Crippen molar-refractivity contribution in [2.75, 3.05) is 0 Å². The topological polar surface area (TPSA) is 66.4 Å². The lowest BCUT2D eigenvalue weighted by Crippen LogP contribution is -2.51. The third-order valence-electron chi connectivity index (χ3n) is 2.02. The smallest absolute Gasteiger partial charge is 0.327 e. The summed E-state index contributed by atoms with van der Waals surface area (Å²) in [6, 6.07) is -0.954. The highest BCUT2D eigenvalue weighted by atomic mass is 32.1. The van der Waals surface area contributed by atoms with Crippen LogP contribution in [-0.4, -0.2) is 27.8 Å². The van der Waals surface area contributed by atoms with E-state index in [1.54, 1.807) is 13.8 Å². The predicted octanol–water partition coefficient (Wildman–Crippen LogP) is 1.45. The molecular formula is C10H19NO3S. The van der Waals surface area contributed by atoms with Crippen molar-refractivity contribution >= 4 is 24.5 Å². The molecule has 0 saturated heterocycles. The van der Waals surface area contributed by atoms with Crippen LogP contribution < -0.4 is 5.32 Å². The molecule has 0 aliphatic carbocycles. The number of hydrogen-bond donors (Lipinski definition) is 3. The van der Waals surface area contributed by atoms with Crippen molar-refractivity contribution in [2.45, 2.75) is 50.8 Å². The number of amides is 1. The number of carbonyl (C=O) groups is 2. The zero-order valence-corrected chi connectivity index (χ0v) is 10.3. The van der Waals surface area contributed by atoms with Crippen LogP contribution in [0.15, 0.2) is 0 Å². The molecule has 1 amide bonds. The Morgan fingerprint density at radius 1 is 1.47 bits per heavy atom. The predicted molar refractivity (Wildman–Crippen MR) is 62.2 cm³/mol. The van der Waals surface area contributed by atoms with Gasteiger partial charge >= 0.3 is 5.97 Å². The highest BCUT2D eigenvalue weighted by molar-refractivity contribution is 7.81. The van der Waals surface area contributed by atoms with Gasteiger partial charge in [-0.25, -0.2) is 4.79 Å². The van der Waals surface area contributed by atoms with Gasteiger partial charge in [-0.3, -0.25) is 4.79 Å². The molecule has 2 N–H and O–H groups in total. The van der Waals surface area contributed by atoms with Gasteiger partial charge in [-0.1, -0.05) is 13.3 Å². The molecule has 0 bridgehead atoms. The molecule has 15 heavy (non-hydrogen) atoms. The Kier molecular flexibility index (Phi) is 5.72. The maximum atomic E-state index is 11.4. The third-order valence-corrected chi connectivity index (χ3v) is 2.27. The molecule has 4 nitrogen and oxygen atoms in total. The quantitative estimate of drug-likeness (QED) is 0.608. The Morgan fingerprint density at radius 2 is 2.00 bits per heavy atom. The number of thiol groups is 1. The van der Waals surface area contributed by atoms with Gasteiger partial charge in [0.2, 0.25) is 5.91 Å². The molecule has 0 aromatic heterocycles. The molecule has 0 spiro atoms. The van der Waals surface area contributed by atoms with E-state index in [0.717, 1.165) is 12.8 Å². The average molecular weight is 233 g/mol. The lowest BCUT2D eigenvalue weighted by molar-refractivity contribution is -0.142. The van der Waals surface area contributed by atoms with E-state index in [1.165, 1.54) is 0 Å². The fourth-order valence-corrected chi connectivity index (χ4v) is 1.29. The van der Waals surface area contributed by atoms with E-state index in [2.05, 4.69) is 17.9 Å². The largest absolute Gasteiger partial charge is 0.480 e. The average Bonchev–Trinajstić information content (AvgIpc) is 2.08. The minimum atomic E-state index is -1.06. The van der Waals surface area contributed by atoms with Gasteiger partial charge in [-0.15, -0.1) is 0 Å². The van der Waals surface area contributed by atoms with E-state index in [-0.39, 0.29) is 5.91 Å². The molecule has 0 aliphatic heterocycles. The van der Waals surface area contributed by atoms with E-state index < -0.39 is 16.8 Å². The number of nitrogens with one attached hydrogen (secondary N) is 1. The van der Waals surface area contributed by atoms with Crippen molar-refractivity contribution in [3.05, 3.63) is 0 Å². The highest BCUT2D eigenvalue weighted by Gasteiger charge is 2.33. The number of hydrogen-bond acceptors (Lipinski definition) is 3. The van der Waals surface area contributed by atoms with Crippen LogP contribution in [0.25, 0.3) is 0 Å². The molecule has 0 aromatic rings. The molecule has 0 fully saturated rings. The number of rotatable bonds is 6. The number of carbonyl (C=O) groups excluding carboxylic acids is 1. The molecule has 0 rings (SSSR count). The Bertz CT molecular complexity index is 235. The van der Waals surface area contributed by atoms with Crippen molar-refractivity contribution in [3.63, 3.8) is 0 Å². The molecular weight excluding hydrogens is 214 g/mol. The first-order valence-electron chi connectivity index (χ1n) is 5.03. The van der Waals surface area contributed by atoms with Crippen molar-refractivity contribution < 1.29 is 14.7 Å². The summed E-state index contributed by atoms with van der Waals surface area (Å²) < 4.78 is -0.770. The molecule has 5 heteroatoms. The second kappa shape index (κ2) is 6.00. The number of aliphatic carboxylic acids is 1. The van der Waals surface area contributed by atoms with Crippen molar-refractivity contribution in [3.8, 4) is 0 Å². The monoisotopic (exact) mass is 233 g/mol. The van der Waals surface area contributed by atoms with Crippen molar-refractivity contribution in [2.24, 2.45) is 0 Å². The first-order chi connectivity index (χ1) is 6.79. The summed E-state index contributed by atoms with van der Waals surface area (Å²) in [5.41, 5.74) is 0. The Balaban J connectivity index is 4.31. The third kappa shape index (κ3) is 5.67. The summed E-state index contributed by atoms with van der Waals surface area (Å²) in [6.45, 7) is 5.30. The fourth-order valence-electron chi connectivity index (χ4n) is 1.11. The number of carboxylic acid groups (broad SMARTS) is 1. The van der Waals surface area contributed by atoms with E-state index in [1.807, 2.05) is 6.92 Å². The summed E-state index contributed by atoms with van der Waals surface area (Å²) in [7, 11) is 0. The molecule has 0 unspecified atom stereocenters. The van der Waals surface area contributed by atoms with E-state index >= 15 is 0 Å². The number of carboxylic acids is 1. The molecule has 0 saturated carbocycles. The molecule has 0 aliphatic rings. The summed E-state index contributed by atoms with van der Waals surface area (Å²) in [5, 5.41) is 11.4. The van der Waals surface area contributed by atoms with Gasteiger partial charge in [0.15, 0.2) is 0 Å². The van der Waals surface area contributed by atoms with E-state index in [4.69, 9.17) is 5.11 Å². The maximum Gasteiger partial charge on any atom is 0.327 e. The van der Waals surface area contributed by atoms with Crippen LogP contribution >= 0.6 is 12.6 Å². The normalized spacial score (nSPS) is 13.3. The highest BCUT2D eigenvalue weighted by Crippen LogP contribution is 2.18. The molecule has 0 radical (unpaired) electrons. The fraction of sp³-hybridized carbons (Fsp3) is 0.800. The Morgan fingerprint density at radius 3 is 2.33 bits per heavy atom. The molecule has 88 valence electrons. The van der Waals surface area contributed by atoms with Gasteiger partial charge in [-0.05, 0) is 20.3 Å². The Labute approximate surface area is 95.8 Å². The van der Waals surface area contributed by atoms with Gasteiger partial charge in [0.1, 0.15) is 6.04 Å². The SMILES string of the molecule is CCCCC(=O)N[C@H](C(=O)O)C(C)(C)S. The van der Waals surface area contributed by atoms with Crippen LogP contribution in [0.5, 0.6) is 0 Å². The second-order valence-electron chi connectivity index (χ2n) is 4.10. The van der Waals surface area contributed by atoms with Crippen LogP contribution in [0.2, 0.25) is 0 Å². The van der Waals surface area contributed by atoms with Crippen LogP contribution in [0, 0.1) is 0 Å². The van der Waals surface area contributed by atoms with Crippen LogP contribution in [0.3, 0.4) is 0 Å². The Hall–Kier alpha value is -0.710. The van der Waals surface area contributed by atoms with Gasteiger partial charge in [0, 0.05) is 11.2 Å². The zero-order valence-electron chi connectivity index (χ0n) is 9.41. The molecule has 0 heterocycles. The van der Waals surface area contributed by atoms with Gasteiger partial charge in [-0.2, -0.15) is 12.6 Å². The second-order valence-corrected chi connectivity index (χ2v) is 5.25. The van der Waals surface area contributed by atoms with Crippen LogP contribution in [0.1, 0.15) is 40.0 Å². The zero-order chi connectivity index (χ0) is 12.1. The standard InChI is InChI=1S/C10H19NO3S/c1-4-5-6-7(12)11-8(9(13)14)10(2,3)15/h8,15H,4-6H2,1-3H3,(H,11,12)(H,13,14)/t8-/m1/s1. The van der Waals surface area contributed by atoms with E-state index in [9.17, 15) is 9.59 Å². The first-order valence-corrected chi connectivity index (χ1v) is 5.48. The maximum absolute atomic E-state index is 11.4. The summed E-state index contributed by atoms with van der Waals surface area (Å²) >= 11 is 4.16. The van der Waals surface area contributed by atoms with Crippen LogP contribution in [-0.2, 0) is 9.59 Å². The van der Waals surface area contributed by atoms with Crippen molar-refractivity contribution in [1.29, 1.82) is 0 Å². The molecule has 1 atom stereocenters. The summed E-state index contributed by atoms with van der Waals surface area (Å²) in [5.74, 6) is -1.29. The summed E-state index contributed by atoms with van der Waals surface area (Å²) in [6.07, 6.45) is 2.05.